The third-order valence-corrected chi connectivity index (χ3v) is 6.38. The van der Waals surface area contributed by atoms with Crippen LogP contribution >= 0.6 is 24.2 Å². The number of benzene rings is 2. The molecule has 4 nitrogen and oxygen atoms in total. The number of rotatable bonds is 5. The van der Waals surface area contributed by atoms with Crippen molar-refractivity contribution in [2.24, 2.45) is 0 Å². The second-order valence-corrected chi connectivity index (χ2v) is 8.83. The first kappa shape index (κ1) is 22.5. The summed E-state index contributed by atoms with van der Waals surface area (Å²) in [6, 6.07) is 10.9. The zero-order chi connectivity index (χ0) is 19.9. The smallest absolute Gasteiger partial charge is 0.313 e. The fourth-order valence-electron chi connectivity index (χ4n) is 2.99. The summed E-state index contributed by atoms with van der Waals surface area (Å²) in [6.45, 7) is 6.28. The number of fused-ring (bicyclic) bond motifs is 2. The molecule has 7 heteroatoms. The van der Waals surface area contributed by atoms with E-state index in [2.05, 4.69) is 16.7 Å². The number of carbonyl (C=O) groups is 1. The van der Waals surface area contributed by atoms with Gasteiger partial charge in [0.25, 0.3) is 0 Å². The van der Waals surface area contributed by atoms with E-state index >= 15 is 0 Å². The van der Waals surface area contributed by atoms with Gasteiger partial charge in [-0.25, -0.2) is 4.39 Å². The number of halogens is 2. The highest BCUT2D eigenvalue weighted by Crippen LogP contribution is 2.49. The average molecular weight is 425 g/mol. The van der Waals surface area contributed by atoms with Gasteiger partial charge in [0.15, 0.2) is 0 Å². The minimum Gasteiger partial charge on any atom is -0.481 e. The van der Waals surface area contributed by atoms with Crippen molar-refractivity contribution in [3.63, 3.8) is 0 Å². The number of carboxylic acid groups (broad SMARTS) is 1. The fraction of sp³-hybridized carbons (Fsp3) is 0.381. The molecule has 1 unspecified atom stereocenters. The first-order valence-corrected chi connectivity index (χ1v) is 9.72. The van der Waals surface area contributed by atoms with Crippen molar-refractivity contribution in [1.82, 2.24) is 4.90 Å². The Balaban J connectivity index is 0.00000280. The maximum atomic E-state index is 13.8. The predicted molar refractivity (Wildman–Crippen MR) is 115 cm³/mol. The number of likely N-dealkylation sites (N-methyl/N-ethyl adjacent to an activating group) is 1. The summed E-state index contributed by atoms with van der Waals surface area (Å²) in [6.07, 6.45) is 0. The molecule has 0 amide bonds. The highest BCUT2D eigenvalue weighted by atomic mass is 35.5. The third-order valence-electron chi connectivity index (χ3n) is 5.27. The van der Waals surface area contributed by atoms with Crippen LogP contribution in [0.5, 0.6) is 0 Å². The van der Waals surface area contributed by atoms with Crippen molar-refractivity contribution >= 4 is 41.5 Å². The molecule has 1 aliphatic heterocycles. The van der Waals surface area contributed by atoms with Crippen molar-refractivity contribution in [2.45, 2.75) is 42.0 Å². The molecule has 152 valence electrons. The van der Waals surface area contributed by atoms with Gasteiger partial charge in [-0.05, 0) is 70.8 Å². The van der Waals surface area contributed by atoms with Crippen LogP contribution in [0.4, 0.5) is 15.8 Å². The zero-order valence-electron chi connectivity index (χ0n) is 16.7. The molecule has 0 fully saturated rings. The molecule has 0 radical (unpaired) electrons. The van der Waals surface area contributed by atoms with E-state index in [1.54, 1.807) is 26.0 Å². The van der Waals surface area contributed by atoms with Crippen molar-refractivity contribution in [2.75, 3.05) is 25.5 Å². The minimum atomic E-state index is -0.985. The van der Waals surface area contributed by atoms with E-state index in [0.717, 1.165) is 33.3 Å². The van der Waals surface area contributed by atoms with Gasteiger partial charge in [-0.2, -0.15) is 0 Å². The zero-order valence-corrected chi connectivity index (χ0v) is 18.3. The van der Waals surface area contributed by atoms with Crippen LogP contribution in [0, 0.1) is 5.82 Å². The van der Waals surface area contributed by atoms with Gasteiger partial charge in [0.1, 0.15) is 5.82 Å². The first-order chi connectivity index (χ1) is 12.6. The summed E-state index contributed by atoms with van der Waals surface area (Å²) in [7, 11) is 4.06. The van der Waals surface area contributed by atoms with Crippen LogP contribution in [0.3, 0.4) is 0 Å². The normalized spacial score (nSPS) is 14.2. The van der Waals surface area contributed by atoms with Crippen molar-refractivity contribution < 1.29 is 14.3 Å². The molecule has 1 aliphatic rings. The second kappa shape index (κ2) is 8.31. The molecule has 2 aromatic carbocycles. The monoisotopic (exact) mass is 424 g/mol. The Labute approximate surface area is 176 Å². The van der Waals surface area contributed by atoms with Crippen LogP contribution < -0.4 is 4.90 Å². The molecule has 2 aromatic rings. The minimum absolute atomic E-state index is 0. The lowest BCUT2D eigenvalue weighted by molar-refractivity contribution is -0.142. The average Bonchev–Trinajstić information content (AvgIpc) is 2.60. The molecule has 1 N–H and O–H groups in total. The summed E-state index contributed by atoms with van der Waals surface area (Å²) in [4.78, 5) is 17.9. The molecule has 1 heterocycles. The van der Waals surface area contributed by atoms with Crippen molar-refractivity contribution in [1.29, 1.82) is 0 Å². The molecule has 0 bridgehead atoms. The Morgan fingerprint density at radius 2 is 1.86 bits per heavy atom. The SMILES string of the molecule is CC(CN1c2ccc(F)cc2Sc2ccc(C(C)(C)C(=O)O)cc21)N(C)C.Cl. The lowest BCUT2D eigenvalue weighted by Gasteiger charge is -2.37. The van der Waals surface area contributed by atoms with Gasteiger partial charge >= 0.3 is 5.97 Å². The molecule has 0 saturated carbocycles. The Morgan fingerprint density at radius 1 is 1.18 bits per heavy atom. The van der Waals surface area contributed by atoms with Gasteiger partial charge in [0, 0.05) is 22.4 Å². The van der Waals surface area contributed by atoms with Gasteiger partial charge in [0.05, 0.1) is 16.8 Å². The molecule has 0 aromatic heterocycles. The third kappa shape index (κ3) is 4.14. The fourth-order valence-corrected chi connectivity index (χ4v) is 4.09. The Morgan fingerprint density at radius 3 is 2.46 bits per heavy atom. The van der Waals surface area contributed by atoms with E-state index < -0.39 is 11.4 Å². The summed E-state index contributed by atoms with van der Waals surface area (Å²) in [5.41, 5.74) is 1.69. The van der Waals surface area contributed by atoms with E-state index in [1.807, 2.05) is 32.3 Å². The summed E-state index contributed by atoms with van der Waals surface area (Å²) < 4.78 is 13.8. The molecule has 0 aliphatic carbocycles. The van der Waals surface area contributed by atoms with E-state index in [0.29, 0.717) is 0 Å². The Hall–Kier alpha value is -1.76. The van der Waals surface area contributed by atoms with Gasteiger partial charge in [-0.3, -0.25) is 4.79 Å². The predicted octanol–water partition coefficient (Wildman–Crippen LogP) is 5.16. The van der Waals surface area contributed by atoms with Crippen LogP contribution in [0.15, 0.2) is 46.2 Å². The van der Waals surface area contributed by atoms with E-state index in [4.69, 9.17) is 0 Å². The largest absolute Gasteiger partial charge is 0.481 e. The Kier molecular flexibility index (Phi) is 6.69. The lowest BCUT2D eigenvalue weighted by Crippen LogP contribution is -2.37. The first-order valence-electron chi connectivity index (χ1n) is 8.90. The molecular weight excluding hydrogens is 399 g/mol. The number of hydrogen-bond acceptors (Lipinski definition) is 4. The van der Waals surface area contributed by atoms with E-state index in [-0.39, 0.29) is 24.3 Å². The molecule has 1 atom stereocenters. The van der Waals surface area contributed by atoms with Crippen LogP contribution in [-0.2, 0) is 10.2 Å². The van der Waals surface area contributed by atoms with Crippen molar-refractivity contribution in [3.05, 3.63) is 47.8 Å². The molecule has 0 saturated heterocycles. The van der Waals surface area contributed by atoms with Gasteiger partial charge in [-0.1, -0.05) is 17.8 Å². The summed E-state index contributed by atoms with van der Waals surface area (Å²) in [5.74, 6) is -1.12. The van der Waals surface area contributed by atoms with E-state index in [1.165, 1.54) is 17.8 Å². The number of hydrogen-bond donors (Lipinski definition) is 1. The van der Waals surface area contributed by atoms with Gasteiger partial charge in [0.2, 0.25) is 0 Å². The maximum absolute atomic E-state index is 13.8. The molecular formula is C21H26ClFN2O2S. The van der Waals surface area contributed by atoms with Crippen LogP contribution in [0.2, 0.25) is 0 Å². The number of carboxylic acids is 1. The van der Waals surface area contributed by atoms with Crippen LogP contribution in [0.25, 0.3) is 0 Å². The quantitative estimate of drug-likeness (QED) is 0.717. The number of anilines is 2. The van der Waals surface area contributed by atoms with Crippen molar-refractivity contribution in [3.8, 4) is 0 Å². The molecule has 3 rings (SSSR count). The Bertz CT molecular complexity index is 889. The van der Waals surface area contributed by atoms with Crippen LogP contribution in [-0.4, -0.2) is 42.7 Å². The lowest BCUT2D eigenvalue weighted by atomic mass is 9.84. The summed E-state index contributed by atoms with van der Waals surface area (Å²) in [5, 5.41) is 9.60. The van der Waals surface area contributed by atoms with Crippen LogP contribution in [0.1, 0.15) is 26.3 Å². The van der Waals surface area contributed by atoms with Gasteiger partial charge < -0.3 is 14.9 Å². The second-order valence-electron chi connectivity index (χ2n) is 7.75. The summed E-state index contributed by atoms with van der Waals surface area (Å²) >= 11 is 1.52. The maximum Gasteiger partial charge on any atom is 0.313 e. The standard InChI is InChI=1S/C21H25FN2O2S.ClH/c1-13(23(4)5)12-24-16-8-7-15(22)11-19(16)27-18-9-6-14(10-17(18)24)21(2,3)20(25)26;/h6-11,13H,12H2,1-5H3,(H,25,26);1H. The topological polar surface area (TPSA) is 43.8 Å². The highest BCUT2D eigenvalue weighted by molar-refractivity contribution is 7.99. The van der Waals surface area contributed by atoms with E-state index in [9.17, 15) is 14.3 Å². The molecule has 28 heavy (non-hydrogen) atoms. The number of aliphatic carboxylic acids is 1. The highest BCUT2D eigenvalue weighted by Gasteiger charge is 2.32. The molecule has 0 spiro atoms. The number of nitrogens with zero attached hydrogens (tertiary/aromatic N) is 2. The van der Waals surface area contributed by atoms with Gasteiger partial charge in [-0.15, -0.1) is 12.4 Å².